The molecule has 2 atom stereocenters. The first-order valence-corrected chi connectivity index (χ1v) is 5.91. The van der Waals surface area contributed by atoms with Crippen LogP contribution in [0.4, 0.5) is 0 Å². The number of halogens is 1. The molecule has 3 N–H and O–H groups in total. The van der Waals surface area contributed by atoms with E-state index in [4.69, 9.17) is 5.73 Å². The Morgan fingerprint density at radius 3 is 2.81 bits per heavy atom. The number of nitrogens with two attached hydrogens (primary N) is 1. The van der Waals surface area contributed by atoms with Crippen molar-refractivity contribution in [2.75, 3.05) is 19.6 Å². The van der Waals surface area contributed by atoms with Gasteiger partial charge >= 0.3 is 0 Å². The second-order valence-electron chi connectivity index (χ2n) is 4.35. The minimum Gasteiger partial charge on any atom is -0.355 e. The summed E-state index contributed by atoms with van der Waals surface area (Å²) in [5, 5.41) is 2.83. The van der Waals surface area contributed by atoms with Crippen molar-refractivity contribution in [3.05, 3.63) is 0 Å². The molecule has 1 aliphatic rings. The minimum absolute atomic E-state index is 0. The second kappa shape index (κ2) is 7.87. The first-order chi connectivity index (χ1) is 7.15. The quantitative estimate of drug-likeness (QED) is 0.773. The molecule has 0 aromatic rings. The highest BCUT2D eigenvalue weighted by atomic mass is 35.5. The lowest BCUT2D eigenvalue weighted by molar-refractivity contribution is -0.123. The standard InChI is InChI=1S/C11H23N3O.ClH/c1-3-13-11(15)8-14-7-5-4-6-10(14)9(2)12;/h9-10H,3-8,12H2,1-2H3,(H,13,15);1H. The van der Waals surface area contributed by atoms with E-state index in [-0.39, 0.29) is 24.4 Å². The molecule has 5 heteroatoms. The number of carbonyl (C=O) groups is 1. The Balaban J connectivity index is 0.00000225. The molecular formula is C11H24ClN3O. The number of carbonyl (C=O) groups excluding carboxylic acids is 1. The van der Waals surface area contributed by atoms with Crippen LogP contribution in [0, 0.1) is 0 Å². The summed E-state index contributed by atoms with van der Waals surface area (Å²) in [6.45, 7) is 6.18. The van der Waals surface area contributed by atoms with Crippen LogP contribution in [-0.4, -0.2) is 42.5 Å². The molecule has 1 saturated heterocycles. The Bertz CT molecular complexity index is 211. The molecule has 0 saturated carbocycles. The molecule has 0 spiro atoms. The van der Waals surface area contributed by atoms with Gasteiger partial charge in [0.2, 0.25) is 5.91 Å². The van der Waals surface area contributed by atoms with Crippen LogP contribution in [0.15, 0.2) is 0 Å². The van der Waals surface area contributed by atoms with Crippen molar-refractivity contribution in [1.29, 1.82) is 0 Å². The van der Waals surface area contributed by atoms with Crippen molar-refractivity contribution in [1.82, 2.24) is 10.2 Å². The summed E-state index contributed by atoms with van der Waals surface area (Å²) in [4.78, 5) is 13.7. The number of nitrogens with one attached hydrogen (secondary N) is 1. The summed E-state index contributed by atoms with van der Waals surface area (Å²) >= 11 is 0. The maximum Gasteiger partial charge on any atom is 0.234 e. The summed E-state index contributed by atoms with van der Waals surface area (Å²) in [6, 6.07) is 0.529. The maximum absolute atomic E-state index is 11.5. The lowest BCUT2D eigenvalue weighted by atomic mass is 9.97. The summed E-state index contributed by atoms with van der Waals surface area (Å²) in [6.07, 6.45) is 3.54. The summed E-state index contributed by atoms with van der Waals surface area (Å²) in [5.41, 5.74) is 5.93. The molecule has 1 rings (SSSR count). The summed E-state index contributed by atoms with van der Waals surface area (Å²) < 4.78 is 0. The average molecular weight is 250 g/mol. The predicted octanol–water partition coefficient (Wildman–Crippen LogP) is 0.746. The normalized spacial score (nSPS) is 23.3. The molecule has 0 aliphatic carbocycles. The molecule has 96 valence electrons. The number of nitrogens with zero attached hydrogens (tertiary/aromatic N) is 1. The number of hydrogen-bond acceptors (Lipinski definition) is 3. The van der Waals surface area contributed by atoms with Gasteiger partial charge in [-0.15, -0.1) is 12.4 Å². The van der Waals surface area contributed by atoms with Crippen molar-refractivity contribution in [2.45, 2.75) is 45.2 Å². The molecule has 2 unspecified atom stereocenters. The fraction of sp³-hybridized carbons (Fsp3) is 0.909. The van der Waals surface area contributed by atoms with Crippen LogP contribution < -0.4 is 11.1 Å². The Morgan fingerprint density at radius 1 is 1.56 bits per heavy atom. The summed E-state index contributed by atoms with van der Waals surface area (Å²) in [5.74, 6) is 0.116. The van der Waals surface area contributed by atoms with E-state index < -0.39 is 0 Å². The number of likely N-dealkylation sites (N-methyl/N-ethyl adjacent to an activating group) is 1. The molecule has 0 aromatic carbocycles. The molecule has 1 aliphatic heterocycles. The van der Waals surface area contributed by atoms with Gasteiger partial charge in [-0.1, -0.05) is 6.42 Å². The van der Waals surface area contributed by atoms with Gasteiger partial charge in [-0.05, 0) is 33.2 Å². The predicted molar refractivity (Wildman–Crippen MR) is 68.8 cm³/mol. The van der Waals surface area contributed by atoms with Gasteiger partial charge in [0.05, 0.1) is 6.54 Å². The Labute approximate surface area is 104 Å². The minimum atomic E-state index is 0. The van der Waals surface area contributed by atoms with Crippen LogP contribution in [0.3, 0.4) is 0 Å². The van der Waals surface area contributed by atoms with E-state index in [1.807, 2.05) is 13.8 Å². The van der Waals surface area contributed by atoms with Gasteiger partial charge < -0.3 is 11.1 Å². The van der Waals surface area contributed by atoms with Crippen molar-refractivity contribution in [2.24, 2.45) is 5.73 Å². The number of likely N-dealkylation sites (tertiary alicyclic amines) is 1. The number of rotatable bonds is 4. The first-order valence-electron chi connectivity index (χ1n) is 5.91. The van der Waals surface area contributed by atoms with Crippen LogP contribution >= 0.6 is 12.4 Å². The number of amides is 1. The van der Waals surface area contributed by atoms with Gasteiger partial charge in [-0.2, -0.15) is 0 Å². The lowest BCUT2D eigenvalue weighted by Gasteiger charge is -2.37. The summed E-state index contributed by atoms with van der Waals surface area (Å²) in [7, 11) is 0. The van der Waals surface area contributed by atoms with Crippen LogP contribution in [0.5, 0.6) is 0 Å². The number of piperidine rings is 1. The molecule has 0 bridgehead atoms. The van der Waals surface area contributed by atoms with E-state index in [1.54, 1.807) is 0 Å². The van der Waals surface area contributed by atoms with Crippen molar-refractivity contribution in [3.63, 3.8) is 0 Å². The Kier molecular flexibility index (Phi) is 7.72. The van der Waals surface area contributed by atoms with E-state index in [9.17, 15) is 4.79 Å². The molecule has 0 radical (unpaired) electrons. The van der Waals surface area contributed by atoms with Crippen LogP contribution in [-0.2, 0) is 4.79 Å². The van der Waals surface area contributed by atoms with E-state index in [2.05, 4.69) is 10.2 Å². The zero-order valence-corrected chi connectivity index (χ0v) is 11.1. The van der Waals surface area contributed by atoms with Crippen LogP contribution in [0.25, 0.3) is 0 Å². The van der Waals surface area contributed by atoms with Crippen molar-refractivity contribution < 1.29 is 4.79 Å². The molecule has 0 aromatic heterocycles. The van der Waals surface area contributed by atoms with E-state index in [1.165, 1.54) is 12.8 Å². The SMILES string of the molecule is CCNC(=O)CN1CCCCC1C(C)N.Cl. The fourth-order valence-electron chi connectivity index (χ4n) is 2.25. The smallest absolute Gasteiger partial charge is 0.234 e. The molecular weight excluding hydrogens is 226 g/mol. The van der Waals surface area contributed by atoms with Gasteiger partial charge in [-0.25, -0.2) is 0 Å². The van der Waals surface area contributed by atoms with E-state index in [0.717, 1.165) is 13.0 Å². The number of hydrogen-bond donors (Lipinski definition) is 2. The highest BCUT2D eigenvalue weighted by Crippen LogP contribution is 2.18. The Hall–Kier alpha value is -0.320. The van der Waals surface area contributed by atoms with Gasteiger partial charge in [0.1, 0.15) is 0 Å². The van der Waals surface area contributed by atoms with Gasteiger partial charge in [0.25, 0.3) is 0 Å². The molecule has 4 nitrogen and oxygen atoms in total. The van der Waals surface area contributed by atoms with Gasteiger partial charge in [0.15, 0.2) is 0 Å². The zero-order chi connectivity index (χ0) is 11.3. The van der Waals surface area contributed by atoms with Crippen molar-refractivity contribution >= 4 is 18.3 Å². The third-order valence-electron chi connectivity index (χ3n) is 2.99. The monoisotopic (exact) mass is 249 g/mol. The fourth-order valence-corrected chi connectivity index (χ4v) is 2.25. The molecule has 1 fully saturated rings. The lowest BCUT2D eigenvalue weighted by Crippen LogP contribution is -2.52. The molecule has 16 heavy (non-hydrogen) atoms. The van der Waals surface area contributed by atoms with Gasteiger partial charge in [-0.3, -0.25) is 9.69 Å². The van der Waals surface area contributed by atoms with Crippen molar-refractivity contribution in [3.8, 4) is 0 Å². The maximum atomic E-state index is 11.5. The third kappa shape index (κ3) is 4.68. The molecule has 1 heterocycles. The van der Waals surface area contributed by atoms with E-state index in [0.29, 0.717) is 19.1 Å². The zero-order valence-electron chi connectivity index (χ0n) is 10.2. The average Bonchev–Trinajstić information content (AvgIpc) is 2.18. The van der Waals surface area contributed by atoms with E-state index >= 15 is 0 Å². The topological polar surface area (TPSA) is 58.4 Å². The Morgan fingerprint density at radius 2 is 2.25 bits per heavy atom. The second-order valence-corrected chi connectivity index (χ2v) is 4.35. The first kappa shape index (κ1) is 15.7. The van der Waals surface area contributed by atoms with Crippen LogP contribution in [0.1, 0.15) is 33.1 Å². The highest BCUT2D eigenvalue weighted by molar-refractivity contribution is 5.85. The molecule has 1 amide bonds. The van der Waals surface area contributed by atoms with Crippen LogP contribution in [0.2, 0.25) is 0 Å². The van der Waals surface area contributed by atoms with Gasteiger partial charge in [0, 0.05) is 18.6 Å². The third-order valence-corrected chi connectivity index (χ3v) is 2.99. The highest BCUT2D eigenvalue weighted by Gasteiger charge is 2.26. The largest absolute Gasteiger partial charge is 0.355 e.